The lowest BCUT2D eigenvalue weighted by atomic mass is 10.0. The first kappa shape index (κ1) is 24.1. The fourth-order valence-corrected chi connectivity index (χ4v) is 2.92. The number of hydrogen-bond acceptors (Lipinski definition) is 4. The first-order chi connectivity index (χ1) is 10.9. The molecule has 0 bridgehead atoms. The van der Waals surface area contributed by atoms with E-state index in [2.05, 4.69) is 30.1 Å². The summed E-state index contributed by atoms with van der Waals surface area (Å²) < 4.78 is 5.78. The van der Waals surface area contributed by atoms with Crippen LogP contribution in [-0.4, -0.2) is 42.1 Å². The first-order valence-electron chi connectivity index (χ1n) is 8.39. The topological polar surface area (TPSA) is 67.6 Å². The van der Waals surface area contributed by atoms with E-state index in [1.165, 1.54) is 0 Å². The monoisotopic (exact) mass is 391 g/mol. The molecule has 1 aliphatic heterocycles. The van der Waals surface area contributed by atoms with E-state index in [-0.39, 0.29) is 54.9 Å². The van der Waals surface area contributed by atoms with Crippen LogP contribution < -0.4 is 11.1 Å². The summed E-state index contributed by atoms with van der Waals surface area (Å²) in [5.41, 5.74) is 7.82. The molecule has 1 aromatic rings. The number of anilines is 1. The molecular weight excluding hydrogens is 361 g/mol. The lowest BCUT2D eigenvalue weighted by Gasteiger charge is -2.35. The minimum atomic E-state index is -0.216. The lowest BCUT2D eigenvalue weighted by Crippen LogP contribution is -2.45. The number of carbonyl (C=O) groups is 1. The Balaban J connectivity index is 0.00000288. The van der Waals surface area contributed by atoms with Gasteiger partial charge in [-0.1, -0.05) is 25.1 Å². The number of nitrogens with two attached hydrogens (primary N) is 1. The van der Waals surface area contributed by atoms with Crippen molar-refractivity contribution in [1.29, 1.82) is 0 Å². The normalized spacial score (nSPS) is 22.9. The number of nitrogens with zero attached hydrogens (tertiary/aromatic N) is 1. The number of ether oxygens (including phenoxy) is 1. The van der Waals surface area contributed by atoms with E-state index in [0.29, 0.717) is 0 Å². The van der Waals surface area contributed by atoms with Crippen molar-refractivity contribution in [3.63, 3.8) is 0 Å². The van der Waals surface area contributed by atoms with Gasteiger partial charge in [0.25, 0.3) is 0 Å². The Labute approximate surface area is 163 Å². The van der Waals surface area contributed by atoms with Crippen molar-refractivity contribution in [2.24, 2.45) is 11.7 Å². The third kappa shape index (κ3) is 7.12. The van der Waals surface area contributed by atoms with Crippen LogP contribution in [0.15, 0.2) is 24.3 Å². The molecule has 144 valence electrons. The molecule has 2 rings (SSSR count). The Bertz CT molecular complexity index is 533. The van der Waals surface area contributed by atoms with Crippen molar-refractivity contribution < 1.29 is 9.53 Å². The van der Waals surface area contributed by atoms with Crippen LogP contribution >= 0.6 is 24.8 Å². The Morgan fingerprint density at radius 1 is 1.24 bits per heavy atom. The second-order valence-electron chi connectivity index (χ2n) is 6.75. The number of benzene rings is 1. The van der Waals surface area contributed by atoms with Gasteiger partial charge in [0.1, 0.15) is 0 Å². The molecule has 3 N–H and O–H groups in total. The molecule has 0 radical (unpaired) electrons. The summed E-state index contributed by atoms with van der Waals surface area (Å²) in [6.45, 7) is 10.5. The summed E-state index contributed by atoms with van der Waals surface area (Å²) >= 11 is 0. The number of halogens is 2. The van der Waals surface area contributed by atoms with E-state index in [1.54, 1.807) is 0 Å². The van der Waals surface area contributed by atoms with E-state index >= 15 is 0 Å². The third-order valence-electron chi connectivity index (χ3n) is 4.37. The van der Waals surface area contributed by atoms with Crippen LogP contribution in [0.1, 0.15) is 33.3 Å². The summed E-state index contributed by atoms with van der Waals surface area (Å²) in [5, 5.41) is 3.03. The van der Waals surface area contributed by atoms with Gasteiger partial charge in [-0.3, -0.25) is 9.69 Å². The van der Waals surface area contributed by atoms with Gasteiger partial charge in [-0.25, -0.2) is 0 Å². The van der Waals surface area contributed by atoms with Gasteiger partial charge in [0.15, 0.2) is 0 Å². The molecule has 1 aromatic carbocycles. The molecule has 0 saturated carbocycles. The maximum atomic E-state index is 12.3. The average molecular weight is 392 g/mol. The highest BCUT2D eigenvalue weighted by molar-refractivity contribution is 5.93. The maximum Gasteiger partial charge on any atom is 0.228 e. The van der Waals surface area contributed by atoms with Gasteiger partial charge in [-0.2, -0.15) is 0 Å². The molecule has 0 spiro atoms. The fourth-order valence-electron chi connectivity index (χ4n) is 2.92. The number of morpholine rings is 1. The predicted molar refractivity (Wildman–Crippen MR) is 108 cm³/mol. The van der Waals surface area contributed by atoms with E-state index in [4.69, 9.17) is 10.5 Å². The highest BCUT2D eigenvalue weighted by atomic mass is 35.5. The van der Waals surface area contributed by atoms with E-state index in [9.17, 15) is 4.79 Å². The van der Waals surface area contributed by atoms with Crippen molar-refractivity contribution in [2.45, 2.75) is 52.5 Å². The van der Waals surface area contributed by atoms with Crippen molar-refractivity contribution in [3.05, 3.63) is 29.8 Å². The molecule has 7 heteroatoms. The molecule has 1 fully saturated rings. The zero-order valence-electron chi connectivity index (χ0n) is 15.4. The molecule has 1 amide bonds. The Hall–Kier alpha value is -0.850. The molecule has 4 unspecified atom stereocenters. The largest absolute Gasteiger partial charge is 0.373 e. The predicted octanol–water partition coefficient (Wildman–Crippen LogP) is 3.06. The summed E-state index contributed by atoms with van der Waals surface area (Å²) in [6.07, 6.45) is 0.470. The first-order valence-corrected chi connectivity index (χ1v) is 8.39. The van der Waals surface area contributed by atoms with Gasteiger partial charge in [-0.15, -0.1) is 24.8 Å². The standard InChI is InChI=1S/C18H29N3O2.2ClH/c1-12-9-21(10-13(2)23-12)11-16-7-5-6-8-17(16)20-18(22)14(3)15(4)19;;/h5-8,12-15H,9-11,19H2,1-4H3,(H,20,22);2*1H. The van der Waals surface area contributed by atoms with Gasteiger partial charge in [0.2, 0.25) is 5.91 Å². The minimum absolute atomic E-state index is 0. The van der Waals surface area contributed by atoms with Crippen molar-refractivity contribution in [2.75, 3.05) is 18.4 Å². The Morgan fingerprint density at radius 2 is 1.80 bits per heavy atom. The van der Waals surface area contributed by atoms with Crippen LogP contribution in [0.4, 0.5) is 5.69 Å². The van der Waals surface area contributed by atoms with E-state index in [0.717, 1.165) is 30.9 Å². The molecule has 1 heterocycles. The zero-order chi connectivity index (χ0) is 17.0. The minimum Gasteiger partial charge on any atom is -0.373 e. The number of para-hydroxylation sites is 1. The van der Waals surface area contributed by atoms with Crippen molar-refractivity contribution in [1.82, 2.24) is 4.90 Å². The Kier molecular flexibility index (Phi) is 10.6. The quantitative estimate of drug-likeness (QED) is 0.808. The van der Waals surface area contributed by atoms with Crippen LogP contribution in [0.3, 0.4) is 0 Å². The lowest BCUT2D eigenvalue weighted by molar-refractivity contribution is -0.119. The highest BCUT2D eigenvalue weighted by Crippen LogP contribution is 2.21. The van der Waals surface area contributed by atoms with Gasteiger partial charge in [-0.05, 0) is 32.4 Å². The van der Waals surface area contributed by atoms with Crippen LogP contribution in [0.2, 0.25) is 0 Å². The molecule has 0 aliphatic carbocycles. The van der Waals surface area contributed by atoms with Gasteiger partial charge in [0, 0.05) is 31.4 Å². The van der Waals surface area contributed by atoms with Crippen LogP contribution in [0.5, 0.6) is 0 Å². The molecule has 5 nitrogen and oxygen atoms in total. The van der Waals surface area contributed by atoms with Gasteiger partial charge in [0.05, 0.1) is 18.1 Å². The van der Waals surface area contributed by atoms with Crippen LogP contribution in [0, 0.1) is 5.92 Å². The molecule has 1 aliphatic rings. The number of amides is 1. The smallest absolute Gasteiger partial charge is 0.228 e. The third-order valence-corrected chi connectivity index (χ3v) is 4.37. The number of carbonyl (C=O) groups excluding carboxylic acids is 1. The van der Waals surface area contributed by atoms with E-state index in [1.807, 2.05) is 32.0 Å². The molecule has 1 saturated heterocycles. The van der Waals surface area contributed by atoms with Gasteiger partial charge >= 0.3 is 0 Å². The second-order valence-corrected chi connectivity index (χ2v) is 6.75. The van der Waals surface area contributed by atoms with Crippen LogP contribution in [-0.2, 0) is 16.1 Å². The molecule has 4 atom stereocenters. The number of hydrogen-bond donors (Lipinski definition) is 2. The molecule has 0 aromatic heterocycles. The summed E-state index contributed by atoms with van der Waals surface area (Å²) in [7, 11) is 0. The Morgan fingerprint density at radius 3 is 2.36 bits per heavy atom. The van der Waals surface area contributed by atoms with Gasteiger partial charge < -0.3 is 15.8 Å². The highest BCUT2D eigenvalue weighted by Gasteiger charge is 2.23. The molecular formula is C18H31Cl2N3O2. The number of nitrogens with one attached hydrogen (secondary N) is 1. The van der Waals surface area contributed by atoms with E-state index < -0.39 is 0 Å². The maximum absolute atomic E-state index is 12.3. The number of rotatable bonds is 5. The SMILES string of the molecule is CC1CN(Cc2ccccc2NC(=O)C(C)C(C)N)CC(C)O1.Cl.Cl. The fraction of sp³-hybridized carbons (Fsp3) is 0.611. The van der Waals surface area contributed by atoms with Crippen molar-refractivity contribution in [3.8, 4) is 0 Å². The summed E-state index contributed by atoms with van der Waals surface area (Å²) in [4.78, 5) is 14.7. The van der Waals surface area contributed by atoms with Crippen molar-refractivity contribution >= 4 is 36.4 Å². The zero-order valence-corrected chi connectivity index (χ0v) is 17.0. The average Bonchev–Trinajstić information content (AvgIpc) is 2.47. The second kappa shape index (κ2) is 11.0. The summed E-state index contributed by atoms with van der Waals surface area (Å²) in [6, 6.07) is 7.81. The summed E-state index contributed by atoms with van der Waals surface area (Å²) in [5.74, 6) is -0.248. The van der Waals surface area contributed by atoms with Crippen LogP contribution in [0.25, 0.3) is 0 Å². The molecule has 25 heavy (non-hydrogen) atoms.